The van der Waals surface area contributed by atoms with Gasteiger partial charge in [-0.1, -0.05) is 30.3 Å². The second-order valence-corrected chi connectivity index (χ2v) is 9.45. The van der Waals surface area contributed by atoms with Gasteiger partial charge in [-0.25, -0.2) is 13.6 Å². The second kappa shape index (κ2) is 8.57. The quantitative estimate of drug-likeness (QED) is 0.451. The summed E-state index contributed by atoms with van der Waals surface area (Å²) in [5.41, 5.74) is 1.24. The first-order valence-electron chi connectivity index (χ1n) is 11.8. The Morgan fingerprint density at radius 2 is 1.72 bits per heavy atom. The average molecular weight is 488 g/mol. The van der Waals surface area contributed by atoms with E-state index in [-0.39, 0.29) is 11.4 Å². The number of carboxylic acid groups (broad SMARTS) is 1. The van der Waals surface area contributed by atoms with Gasteiger partial charge in [-0.2, -0.15) is 0 Å². The predicted octanol–water partition coefficient (Wildman–Crippen LogP) is 4.43. The fourth-order valence-electron chi connectivity index (χ4n) is 5.58. The zero-order chi connectivity index (χ0) is 25.0. The number of anilines is 1. The highest BCUT2D eigenvalue weighted by atomic mass is 19.1. The number of likely N-dealkylation sites (tertiary alicyclic amines) is 1. The number of carboxylic acids is 1. The van der Waals surface area contributed by atoms with Crippen molar-refractivity contribution in [3.05, 3.63) is 106 Å². The van der Waals surface area contributed by atoms with Crippen LogP contribution in [0.3, 0.4) is 0 Å². The van der Waals surface area contributed by atoms with E-state index in [4.69, 9.17) is 0 Å². The summed E-state index contributed by atoms with van der Waals surface area (Å²) in [5.74, 6) is -2.41. The third-order valence-corrected chi connectivity index (χ3v) is 7.30. The minimum absolute atomic E-state index is 0.0319. The molecule has 2 fully saturated rings. The molecule has 2 atom stereocenters. The van der Waals surface area contributed by atoms with Gasteiger partial charge in [0.1, 0.15) is 17.2 Å². The summed E-state index contributed by atoms with van der Waals surface area (Å²) in [4.78, 5) is 29.1. The number of rotatable bonds is 5. The van der Waals surface area contributed by atoms with Gasteiger partial charge in [-0.15, -0.1) is 0 Å². The Morgan fingerprint density at radius 1 is 0.972 bits per heavy atom. The van der Waals surface area contributed by atoms with Gasteiger partial charge in [0.25, 0.3) is 0 Å². The van der Waals surface area contributed by atoms with Crippen molar-refractivity contribution in [1.82, 2.24) is 9.47 Å². The molecule has 6 nitrogen and oxygen atoms in total. The number of halogens is 2. The van der Waals surface area contributed by atoms with E-state index in [0.717, 1.165) is 25.6 Å². The molecule has 2 bridgehead atoms. The van der Waals surface area contributed by atoms with Crippen molar-refractivity contribution in [1.29, 1.82) is 0 Å². The van der Waals surface area contributed by atoms with Crippen LogP contribution in [0.5, 0.6) is 0 Å². The summed E-state index contributed by atoms with van der Waals surface area (Å²) in [7, 11) is 0. The first kappa shape index (κ1) is 22.4. The van der Waals surface area contributed by atoms with Gasteiger partial charge in [0.2, 0.25) is 5.43 Å². The molecule has 8 heteroatoms. The second-order valence-electron chi connectivity index (χ2n) is 9.45. The van der Waals surface area contributed by atoms with Crippen molar-refractivity contribution in [2.75, 3.05) is 18.0 Å². The number of piperazine rings is 1. The minimum atomic E-state index is -1.40. The zero-order valence-electron chi connectivity index (χ0n) is 19.3. The van der Waals surface area contributed by atoms with E-state index < -0.39 is 28.6 Å². The van der Waals surface area contributed by atoms with Gasteiger partial charge in [0.05, 0.1) is 11.2 Å². The fourth-order valence-corrected chi connectivity index (χ4v) is 5.58. The Kier molecular flexibility index (Phi) is 5.34. The highest BCUT2D eigenvalue weighted by Gasteiger charge is 2.44. The molecule has 182 valence electrons. The Morgan fingerprint density at radius 3 is 2.39 bits per heavy atom. The molecule has 2 saturated heterocycles. The normalized spacial score (nSPS) is 19.3. The molecule has 1 N–H and O–H groups in total. The number of pyridine rings is 1. The molecule has 0 radical (unpaired) electrons. The van der Waals surface area contributed by atoms with Crippen LogP contribution < -0.4 is 10.3 Å². The standard InChI is InChI=1S/C28H23F2N3O3/c29-18-6-8-19(9-7-18)33-16-23(28(35)36)27(34)22-11-24(30)26(12-25(22)33)32-15-20-10-21(32)14-31(20)13-17-4-2-1-3-5-17/h1-9,11-12,16,20-21H,10,13-15H2,(H,35,36). The molecule has 0 saturated carbocycles. The van der Waals surface area contributed by atoms with Crippen molar-refractivity contribution in [3.63, 3.8) is 0 Å². The van der Waals surface area contributed by atoms with Crippen LogP contribution in [0.4, 0.5) is 14.5 Å². The summed E-state index contributed by atoms with van der Waals surface area (Å²) in [6.45, 7) is 2.31. The first-order chi connectivity index (χ1) is 17.4. The van der Waals surface area contributed by atoms with Gasteiger partial charge in [0.15, 0.2) is 0 Å². The number of aromatic carboxylic acids is 1. The highest BCUT2D eigenvalue weighted by molar-refractivity contribution is 5.94. The monoisotopic (exact) mass is 487 g/mol. The summed E-state index contributed by atoms with van der Waals surface area (Å²) in [6.07, 6.45) is 2.15. The van der Waals surface area contributed by atoms with Crippen LogP contribution in [0.1, 0.15) is 22.3 Å². The van der Waals surface area contributed by atoms with E-state index in [9.17, 15) is 19.1 Å². The topological polar surface area (TPSA) is 65.8 Å². The number of carbonyl (C=O) groups is 1. The van der Waals surface area contributed by atoms with Crippen molar-refractivity contribution in [2.24, 2.45) is 0 Å². The molecule has 2 unspecified atom stereocenters. The average Bonchev–Trinajstić information content (AvgIpc) is 3.46. The molecule has 36 heavy (non-hydrogen) atoms. The number of hydrogen-bond acceptors (Lipinski definition) is 4. The molecular formula is C28H23F2N3O3. The SMILES string of the molecule is O=C(O)c1cn(-c2ccc(F)cc2)c2cc(N3CC4CC3CN4Cc3ccccc3)c(F)cc2c1=O. The zero-order valence-corrected chi connectivity index (χ0v) is 19.3. The maximum Gasteiger partial charge on any atom is 0.341 e. The van der Waals surface area contributed by atoms with Crippen LogP contribution in [-0.2, 0) is 6.54 Å². The summed E-state index contributed by atoms with van der Waals surface area (Å²) in [5, 5.41) is 9.53. The third kappa shape index (κ3) is 3.74. The predicted molar refractivity (Wildman–Crippen MR) is 133 cm³/mol. The van der Waals surface area contributed by atoms with Crippen LogP contribution in [0.25, 0.3) is 16.6 Å². The van der Waals surface area contributed by atoms with E-state index in [2.05, 4.69) is 17.0 Å². The van der Waals surface area contributed by atoms with E-state index in [1.165, 1.54) is 40.6 Å². The summed E-state index contributed by atoms with van der Waals surface area (Å²) >= 11 is 0. The number of benzene rings is 3. The number of hydrogen-bond donors (Lipinski definition) is 1. The van der Waals surface area contributed by atoms with Gasteiger partial charge in [0, 0.05) is 49.0 Å². The maximum atomic E-state index is 15.4. The molecular weight excluding hydrogens is 464 g/mol. The molecule has 2 aliphatic rings. The molecule has 3 aromatic carbocycles. The Hall–Kier alpha value is -4.04. The van der Waals surface area contributed by atoms with E-state index >= 15 is 4.39 Å². The van der Waals surface area contributed by atoms with Crippen molar-refractivity contribution in [3.8, 4) is 5.69 Å². The smallest absolute Gasteiger partial charge is 0.341 e. The molecule has 3 heterocycles. The van der Waals surface area contributed by atoms with E-state index in [0.29, 0.717) is 29.5 Å². The lowest BCUT2D eigenvalue weighted by Crippen LogP contribution is -2.46. The van der Waals surface area contributed by atoms with Crippen LogP contribution in [0.2, 0.25) is 0 Å². The highest BCUT2D eigenvalue weighted by Crippen LogP contribution is 2.38. The fraction of sp³-hybridized carbons (Fsp3) is 0.214. The molecule has 0 spiro atoms. The molecule has 6 rings (SSSR count). The number of aromatic nitrogens is 1. The maximum absolute atomic E-state index is 15.4. The van der Waals surface area contributed by atoms with Gasteiger partial charge in [-0.05, 0) is 48.4 Å². The largest absolute Gasteiger partial charge is 0.477 e. The van der Waals surface area contributed by atoms with Gasteiger partial charge < -0.3 is 14.6 Å². The summed E-state index contributed by atoms with van der Waals surface area (Å²) in [6, 6.07) is 18.9. The first-order valence-corrected chi connectivity index (χ1v) is 11.8. The van der Waals surface area contributed by atoms with Gasteiger partial charge in [-0.3, -0.25) is 9.69 Å². The molecule has 0 amide bonds. The van der Waals surface area contributed by atoms with Crippen LogP contribution in [0.15, 0.2) is 77.7 Å². The van der Waals surface area contributed by atoms with Crippen molar-refractivity contribution < 1.29 is 18.7 Å². The summed E-state index contributed by atoms with van der Waals surface area (Å²) < 4.78 is 30.5. The van der Waals surface area contributed by atoms with E-state index in [1.807, 2.05) is 23.1 Å². The Bertz CT molecular complexity index is 1540. The molecule has 1 aromatic heterocycles. The van der Waals surface area contributed by atoms with Gasteiger partial charge >= 0.3 is 5.97 Å². The number of nitrogens with zero attached hydrogens (tertiary/aromatic N) is 3. The lowest BCUT2D eigenvalue weighted by Gasteiger charge is -2.36. The molecule has 4 aromatic rings. The molecule has 0 aliphatic carbocycles. The van der Waals surface area contributed by atoms with Crippen LogP contribution in [-0.4, -0.2) is 45.7 Å². The molecule has 2 aliphatic heterocycles. The van der Waals surface area contributed by atoms with Crippen LogP contribution >= 0.6 is 0 Å². The minimum Gasteiger partial charge on any atom is -0.477 e. The van der Waals surface area contributed by atoms with Crippen molar-refractivity contribution in [2.45, 2.75) is 25.0 Å². The Balaban J connectivity index is 1.40. The third-order valence-electron chi connectivity index (χ3n) is 7.30. The van der Waals surface area contributed by atoms with Crippen LogP contribution in [0, 0.1) is 11.6 Å². The lowest BCUT2D eigenvalue weighted by atomic mass is 10.1. The van der Waals surface area contributed by atoms with E-state index in [1.54, 1.807) is 6.07 Å². The number of fused-ring (bicyclic) bond motifs is 3. The lowest BCUT2D eigenvalue weighted by molar-refractivity contribution is 0.0695. The van der Waals surface area contributed by atoms with Crippen molar-refractivity contribution >= 4 is 22.6 Å². The Labute approximate surface area is 205 Å².